The van der Waals surface area contributed by atoms with Crippen LogP contribution in [0.3, 0.4) is 0 Å². The molecule has 0 aromatic carbocycles. The van der Waals surface area contributed by atoms with E-state index in [0.717, 1.165) is 24.2 Å². The van der Waals surface area contributed by atoms with E-state index in [2.05, 4.69) is 4.99 Å². The van der Waals surface area contributed by atoms with Crippen molar-refractivity contribution in [2.75, 3.05) is 6.54 Å². The Morgan fingerprint density at radius 3 is 2.84 bits per heavy atom. The lowest BCUT2D eigenvalue weighted by molar-refractivity contribution is 0.194. The van der Waals surface area contributed by atoms with Crippen molar-refractivity contribution in [1.29, 1.82) is 0 Å². The summed E-state index contributed by atoms with van der Waals surface area (Å²) in [7, 11) is -3.65. The molecule has 8 heteroatoms. The van der Waals surface area contributed by atoms with Crippen LogP contribution in [0.15, 0.2) is 21.3 Å². The molecule has 1 fully saturated rings. The van der Waals surface area contributed by atoms with Crippen LogP contribution in [0.1, 0.15) is 19.8 Å². The normalized spacial score (nSPS) is 24.9. The molecular weight excluding hydrogens is 308 g/mol. The lowest BCUT2D eigenvalue weighted by Crippen LogP contribution is -2.46. The largest absolute Gasteiger partial charge is 0.254 e. The second-order valence-corrected chi connectivity index (χ2v) is 8.26. The van der Waals surface area contributed by atoms with Gasteiger partial charge in [0, 0.05) is 6.54 Å². The Labute approximate surface area is 121 Å². The summed E-state index contributed by atoms with van der Waals surface area (Å²) in [6.07, 6.45) is 2.40. The zero-order valence-electron chi connectivity index (χ0n) is 10.2. The van der Waals surface area contributed by atoms with Gasteiger partial charge in [-0.1, -0.05) is 18.5 Å². The maximum absolute atomic E-state index is 12.5. The van der Waals surface area contributed by atoms with E-state index in [-0.39, 0.29) is 10.1 Å². The number of carbonyl (C=O) groups excluding carboxylic acids is 1. The molecule has 0 bridgehead atoms. The Morgan fingerprint density at radius 2 is 2.26 bits per heavy atom. The zero-order chi connectivity index (χ0) is 14.0. The van der Waals surface area contributed by atoms with E-state index in [1.807, 2.05) is 6.92 Å². The molecule has 1 aromatic heterocycles. The van der Waals surface area contributed by atoms with Crippen molar-refractivity contribution in [3.63, 3.8) is 0 Å². The Balaban J connectivity index is 2.40. The van der Waals surface area contributed by atoms with Gasteiger partial charge >= 0.3 is 0 Å². The van der Waals surface area contributed by atoms with Crippen LogP contribution < -0.4 is 0 Å². The molecule has 0 amide bonds. The fraction of sp³-hybridized carbons (Fsp3) is 0.545. The molecule has 5 nitrogen and oxygen atoms in total. The van der Waals surface area contributed by atoms with Gasteiger partial charge in [0.1, 0.15) is 10.4 Å². The summed E-state index contributed by atoms with van der Waals surface area (Å²) in [6, 6.07) is 3.02. The number of hydrogen-bond acceptors (Lipinski definition) is 5. The van der Waals surface area contributed by atoms with E-state index in [9.17, 15) is 13.2 Å². The van der Waals surface area contributed by atoms with Crippen molar-refractivity contribution in [1.82, 2.24) is 4.31 Å². The predicted molar refractivity (Wildman–Crippen MR) is 73.5 cm³/mol. The number of thiophene rings is 1. The van der Waals surface area contributed by atoms with Crippen LogP contribution in [0.25, 0.3) is 0 Å². The predicted octanol–water partition coefficient (Wildman–Crippen LogP) is 2.48. The van der Waals surface area contributed by atoms with Gasteiger partial charge in [-0.2, -0.15) is 9.30 Å². The van der Waals surface area contributed by atoms with E-state index in [1.54, 1.807) is 6.07 Å². The van der Waals surface area contributed by atoms with E-state index < -0.39 is 16.2 Å². The number of nitrogens with zero attached hydrogens (tertiary/aromatic N) is 2. The van der Waals surface area contributed by atoms with Crippen LogP contribution in [-0.2, 0) is 14.8 Å². The highest BCUT2D eigenvalue weighted by molar-refractivity contribution is 7.91. The molecule has 2 atom stereocenters. The highest BCUT2D eigenvalue weighted by Gasteiger charge is 2.38. The molecule has 2 unspecified atom stereocenters. The van der Waals surface area contributed by atoms with Crippen LogP contribution in [0.2, 0.25) is 4.34 Å². The second kappa shape index (κ2) is 5.73. The first kappa shape index (κ1) is 14.7. The first-order chi connectivity index (χ1) is 8.96. The molecule has 1 aliphatic heterocycles. The van der Waals surface area contributed by atoms with Crippen LogP contribution in [0.4, 0.5) is 0 Å². The zero-order valence-corrected chi connectivity index (χ0v) is 12.6. The topological polar surface area (TPSA) is 66.8 Å². The third kappa shape index (κ3) is 2.90. The minimum atomic E-state index is -3.65. The molecule has 0 saturated carbocycles. The molecule has 0 N–H and O–H groups in total. The lowest BCUT2D eigenvalue weighted by atomic mass is 9.98. The van der Waals surface area contributed by atoms with Crippen molar-refractivity contribution in [2.45, 2.75) is 30.1 Å². The maximum atomic E-state index is 12.5. The Bertz CT molecular complexity index is 607. The molecule has 2 rings (SSSR count). The quantitative estimate of drug-likeness (QED) is 0.634. The van der Waals surface area contributed by atoms with Crippen LogP contribution in [0.5, 0.6) is 0 Å². The number of rotatable bonds is 3. The molecule has 104 valence electrons. The summed E-state index contributed by atoms with van der Waals surface area (Å²) in [6.45, 7) is 2.24. The molecule has 1 saturated heterocycles. The van der Waals surface area contributed by atoms with Crippen LogP contribution in [-0.4, -0.2) is 31.5 Å². The maximum Gasteiger partial charge on any atom is 0.254 e. The average Bonchev–Trinajstić information content (AvgIpc) is 2.79. The first-order valence-electron chi connectivity index (χ1n) is 5.81. The lowest BCUT2D eigenvalue weighted by Gasteiger charge is -2.35. The molecule has 1 aliphatic rings. The van der Waals surface area contributed by atoms with Gasteiger partial charge in [0.2, 0.25) is 6.08 Å². The van der Waals surface area contributed by atoms with Crippen molar-refractivity contribution >= 4 is 39.0 Å². The molecule has 2 heterocycles. The highest BCUT2D eigenvalue weighted by atomic mass is 35.5. The van der Waals surface area contributed by atoms with Crippen molar-refractivity contribution in [2.24, 2.45) is 10.9 Å². The molecule has 1 aromatic rings. The minimum absolute atomic E-state index is 0.000379. The second-order valence-electron chi connectivity index (χ2n) is 4.43. The third-order valence-electron chi connectivity index (χ3n) is 3.14. The fourth-order valence-electron chi connectivity index (χ4n) is 2.19. The molecular formula is C11H13ClN2O3S2. The SMILES string of the molecule is CC1CCCN(S(=O)(=O)c2ccc(Cl)s2)C1N=C=O. The molecule has 19 heavy (non-hydrogen) atoms. The Morgan fingerprint density at radius 1 is 1.53 bits per heavy atom. The number of sulfonamides is 1. The minimum Gasteiger partial charge on any atom is -0.211 e. The van der Waals surface area contributed by atoms with Crippen molar-refractivity contribution < 1.29 is 13.2 Å². The van der Waals surface area contributed by atoms with Crippen molar-refractivity contribution in [3.8, 4) is 0 Å². The number of hydrogen-bond donors (Lipinski definition) is 0. The number of aliphatic imine (C=N–C) groups is 1. The Hall–Kier alpha value is -0.720. The summed E-state index contributed by atoms with van der Waals surface area (Å²) in [5, 5.41) is 0. The van der Waals surface area contributed by atoms with Crippen molar-refractivity contribution in [3.05, 3.63) is 16.5 Å². The summed E-state index contributed by atoms with van der Waals surface area (Å²) < 4.78 is 26.9. The Kier molecular flexibility index (Phi) is 4.43. The molecule has 0 spiro atoms. The molecule has 0 radical (unpaired) electrons. The van der Waals surface area contributed by atoms with Crippen LogP contribution >= 0.6 is 22.9 Å². The number of isocyanates is 1. The van der Waals surface area contributed by atoms with E-state index in [4.69, 9.17) is 11.6 Å². The molecule has 0 aliphatic carbocycles. The number of halogens is 1. The number of piperidine rings is 1. The van der Waals surface area contributed by atoms with Gasteiger partial charge in [-0.15, -0.1) is 11.3 Å². The van der Waals surface area contributed by atoms with Gasteiger partial charge in [0.25, 0.3) is 10.0 Å². The monoisotopic (exact) mass is 320 g/mol. The third-order valence-corrected chi connectivity index (χ3v) is 6.71. The smallest absolute Gasteiger partial charge is 0.211 e. The van der Waals surface area contributed by atoms with E-state index >= 15 is 0 Å². The summed E-state index contributed by atoms with van der Waals surface area (Å²) in [5.41, 5.74) is 0. The highest BCUT2D eigenvalue weighted by Crippen LogP contribution is 2.33. The fourth-order valence-corrected chi connectivity index (χ4v) is 5.47. The average molecular weight is 321 g/mol. The van der Waals surface area contributed by atoms with Gasteiger partial charge in [-0.25, -0.2) is 13.2 Å². The van der Waals surface area contributed by atoms with E-state index in [1.165, 1.54) is 16.5 Å². The standard InChI is InChI=1S/C11H13ClN2O3S2/c1-8-3-2-6-14(11(8)13-7-15)19(16,17)10-5-4-9(12)18-10/h4-5,8,11H,2-3,6H2,1H3. The first-order valence-corrected chi connectivity index (χ1v) is 8.44. The van der Waals surface area contributed by atoms with Gasteiger partial charge in [-0.3, -0.25) is 0 Å². The summed E-state index contributed by atoms with van der Waals surface area (Å²) in [4.78, 5) is 14.2. The summed E-state index contributed by atoms with van der Waals surface area (Å²) >= 11 is 6.79. The summed E-state index contributed by atoms with van der Waals surface area (Å²) in [5.74, 6) is 0.000379. The van der Waals surface area contributed by atoms with Crippen LogP contribution in [0, 0.1) is 5.92 Å². The van der Waals surface area contributed by atoms with Gasteiger partial charge in [0.05, 0.1) is 4.34 Å². The van der Waals surface area contributed by atoms with Gasteiger partial charge < -0.3 is 0 Å². The van der Waals surface area contributed by atoms with Gasteiger partial charge in [-0.05, 0) is 30.9 Å². The van der Waals surface area contributed by atoms with Gasteiger partial charge in [0.15, 0.2) is 0 Å². The van der Waals surface area contributed by atoms with E-state index in [0.29, 0.717) is 10.9 Å².